The van der Waals surface area contributed by atoms with Crippen molar-refractivity contribution in [3.05, 3.63) is 94.5 Å². The molecule has 0 aromatic heterocycles. The molecule has 6 rings (SSSR count). The number of ketones is 2. The summed E-state index contributed by atoms with van der Waals surface area (Å²) in [5.41, 5.74) is 3.43. The number of fused-ring (bicyclic) bond motifs is 3. The number of hydrogen-bond donors (Lipinski definition) is 7. The number of ether oxygens (including phenoxy) is 1. The van der Waals surface area contributed by atoms with Crippen LogP contribution in [-0.2, 0) is 16.0 Å². The lowest BCUT2D eigenvalue weighted by Gasteiger charge is -2.45. The zero-order chi connectivity index (χ0) is 34.7. The Morgan fingerprint density at radius 1 is 0.896 bits per heavy atom. The molecule has 8 N–H and O–H groups in total. The van der Waals surface area contributed by atoms with Gasteiger partial charge in [-0.3, -0.25) is 14.4 Å². The number of urea groups is 1. The molecule has 3 aliphatic rings. The third kappa shape index (κ3) is 5.47. The van der Waals surface area contributed by atoms with Gasteiger partial charge in [0.1, 0.15) is 28.6 Å². The van der Waals surface area contributed by atoms with E-state index in [-0.39, 0.29) is 36.1 Å². The number of carbonyl (C=O) groups excluding carboxylic acids is 4. The summed E-state index contributed by atoms with van der Waals surface area (Å²) in [4.78, 5) is 51.3. The Labute approximate surface area is 268 Å². The van der Waals surface area contributed by atoms with Gasteiger partial charge in [0, 0.05) is 29.3 Å². The lowest BCUT2D eigenvalue weighted by molar-refractivity contribution is -0.274. The summed E-state index contributed by atoms with van der Waals surface area (Å²) in [5, 5.41) is 48.8. The number of aliphatic hydroxyl groups excluding tert-OH is 2. The fourth-order valence-corrected chi connectivity index (χ4v) is 6.66. The standard InChI is InChI=1S/C33H26F3N3O9/c34-33(35,36)48-19-7-5-18(6-8-19)39-31(46)38-17-3-1-14(2-4-17)20-9-10-22(40)25-21(20)12-15-11-16-13-23(41)26(30(37)45)29(44)32(16,47)28(43)24(15)27(25)42/h1-10,15-16,40-41,43,47H,11-13H2,(H2,37,45)(H2,38,39,46)/t15-,16+,32+/m1/s1. The summed E-state index contributed by atoms with van der Waals surface area (Å²) in [7, 11) is 0. The van der Waals surface area contributed by atoms with Gasteiger partial charge >= 0.3 is 12.4 Å². The number of primary amides is 1. The van der Waals surface area contributed by atoms with Crippen LogP contribution in [-0.4, -0.2) is 55.9 Å². The number of aromatic hydroxyl groups is 1. The van der Waals surface area contributed by atoms with Crippen molar-refractivity contribution < 1.29 is 57.5 Å². The van der Waals surface area contributed by atoms with Gasteiger partial charge in [-0.25, -0.2) is 4.79 Å². The third-order valence-electron chi connectivity index (χ3n) is 8.74. The largest absolute Gasteiger partial charge is 0.573 e. The molecule has 0 saturated heterocycles. The maximum atomic E-state index is 13.8. The van der Waals surface area contributed by atoms with Crippen molar-refractivity contribution in [2.75, 3.05) is 10.6 Å². The second-order valence-corrected chi connectivity index (χ2v) is 11.6. The third-order valence-corrected chi connectivity index (χ3v) is 8.74. The van der Waals surface area contributed by atoms with Crippen molar-refractivity contribution in [2.45, 2.75) is 31.2 Å². The number of benzene rings is 3. The highest BCUT2D eigenvalue weighted by atomic mass is 19.4. The van der Waals surface area contributed by atoms with Crippen LogP contribution in [0.1, 0.15) is 28.8 Å². The number of aliphatic hydroxyl groups is 3. The Morgan fingerprint density at radius 2 is 1.50 bits per heavy atom. The smallest absolute Gasteiger partial charge is 0.511 e. The van der Waals surface area contributed by atoms with Gasteiger partial charge in [-0.1, -0.05) is 18.2 Å². The van der Waals surface area contributed by atoms with E-state index >= 15 is 0 Å². The van der Waals surface area contributed by atoms with Crippen molar-refractivity contribution in [3.8, 4) is 22.6 Å². The molecule has 15 heteroatoms. The number of carbonyl (C=O) groups is 4. The van der Waals surface area contributed by atoms with Crippen molar-refractivity contribution in [3.63, 3.8) is 0 Å². The van der Waals surface area contributed by atoms with Gasteiger partial charge in [-0.05, 0) is 77.9 Å². The Balaban J connectivity index is 1.24. The van der Waals surface area contributed by atoms with E-state index in [9.17, 15) is 52.8 Å². The Hall–Kier alpha value is -5.83. The fourth-order valence-electron chi connectivity index (χ4n) is 6.66. The highest BCUT2D eigenvalue weighted by Gasteiger charge is 2.59. The number of phenolic OH excluding ortho intramolecular Hbond substituents is 1. The SMILES string of the molecule is NC(=O)C1=C(O)C[C@@H]2C[C@@H]3Cc4c(-c5ccc(NC(=O)Nc6ccc(OC(F)(F)F)cc6)cc5)ccc(O)c4C(=O)C3=C(O)[C@]2(O)C1=O. The molecule has 0 radical (unpaired) electrons. The first kappa shape index (κ1) is 32.1. The highest BCUT2D eigenvalue weighted by Crippen LogP contribution is 2.52. The molecule has 0 spiro atoms. The Kier molecular flexibility index (Phi) is 7.66. The second kappa shape index (κ2) is 11.5. The van der Waals surface area contributed by atoms with Gasteiger partial charge in [-0.2, -0.15) is 0 Å². The van der Waals surface area contributed by atoms with Crippen LogP contribution in [0.3, 0.4) is 0 Å². The number of hydrogen-bond acceptors (Lipinski definition) is 9. The molecule has 3 atom stereocenters. The number of phenols is 1. The molecule has 0 unspecified atom stereocenters. The molecule has 0 bridgehead atoms. The van der Waals surface area contributed by atoms with Crippen LogP contribution in [0.5, 0.6) is 11.5 Å². The van der Waals surface area contributed by atoms with E-state index in [0.29, 0.717) is 22.4 Å². The number of alkyl halides is 3. The topological polar surface area (TPSA) is 209 Å². The summed E-state index contributed by atoms with van der Waals surface area (Å²) in [6, 6.07) is 13.2. The summed E-state index contributed by atoms with van der Waals surface area (Å²) in [6.07, 6.45) is -5.11. The fraction of sp³-hybridized carbons (Fsp3) is 0.212. The molecule has 0 saturated carbocycles. The van der Waals surface area contributed by atoms with E-state index in [2.05, 4.69) is 15.4 Å². The first-order chi connectivity index (χ1) is 22.6. The second-order valence-electron chi connectivity index (χ2n) is 11.6. The van der Waals surface area contributed by atoms with Crippen LogP contribution in [0.2, 0.25) is 0 Å². The van der Waals surface area contributed by atoms with Crippen molar-refractivity contribution in [2.24, 2.45) is 17.6 Å². The van der Waals surface area contributed by atoms with Crippen LogP contribution < -0.4 is 21.1 Å². The normalized spacial score (nSPS) is 22.0. The van der Waals surface area contributed by atoms with Gasteiger partial charge in [0.25, 0.3) is 5.91 Å². The number of allylic oxidation sites excluding steroid dienone is 2. The molecule has 12 nitrogen and oxygen atoms in total. The van der Waals surface area contributed by atoms with Crippen LogP contribution in [0, 0.1) is 11.8 Å². The van der Waals surface area contributed by atoms with Gasteiger partial charge in [0.05, 0.1) is 5.56 Å². The molecular formula is C33H26F3N3O9. The minimum absolute atomic E-state index is 0.0198. The van der Waals surface area contributed by atoms with E-state index in [1.54, 1.807) is 30.3 Å². The van der Waals surface area contributed by atoms with Crippen molar-refractivity contribution in [1.82, 2.24) is 0 Å². The number of anilines is 2. The van der Waals surface area contributed by atoms with Crippen molar-refractivity contribution >= 4 is 34.9 Å². The number of nitrogens with one attached hydrogen (secondary N) is 2. The molecule has 3 amide bonds. The number of nitrogens with two attached hydrogens (primary N) is 1. The predicted octanol–water partition coefficient (Wildman–Crippen LogP) is 4.79. The molecule has 3 aliphatic carbocycles. The first-order valence-corrected chi connectivity index (χ1v) is 14.4. The van der Waals surface area contributed by atoms with Gasteiger partial charge in [0.2, 0.25) is 5.78 Å². The van der Waals surface area contributed by atoms with E-state index in [1.807, 2.05) is 0 Å². The predicted molar refractivity (Wildman–Crippen MR) is 162 cm³/mol. The summed E-state index contributed by atoms with van der Waals surface area (Å²) >= 11 is 0. The molecule has 48 heavy (non-hydrogen) atoms. The minimum Gasteiger partial charge on any atom is -0.511 e. The molecule has 3 aromatic rings. The summed E-state index contributed by atoms with van der Waals surface area (Å²) in [5.74, 6) is -7.60. The maximum absolute atomic E-state index is 13.8. The lowest BCUT2D eigenvalue weighted by Crippen LogP contribution is -2.57. The number of Topliss-reactive ketones (excluding diaryl/α,β-unsaturated/α-hetero) is 2. The number of rotatable bonds is 5. The monoisotopic (exact) mass is 665 g/mol. The Bertz CT molecular complexity index is 1950. The lowest BCUT2D eigenvalue weighted by atomic mass is 9.60. The maximum Gasteiger partial charge on any atom is 0.573 e. The van der Waals surface area contributed by atoms with Crippen LogP contribution in [0.4, 0.5) is 29.3 Å². The zero-order valence-corrected chi connectivity index (χ0v) is 24.6. The van der Waals surface area contributed by atoms with Crippen molar-refractivity contribution in [1.29, 1.82) is 0 Å². The average Bonchev–Trinajstić information content (AvgIpc) is 3.00. The molecule has 0 aliphatic heterocycles. The minimum atomic E-state index is -4.85. The summed E-state index contributed by atoms with van der Waals surface area (Å²) < 4.78 is 40.9. The molecule has 248 valence electrons. The van der Waals surface area contributed by atoms with Crippen LogP contribution in [0.25, 0.3) is 11.1 Å². The molecule has 0 fully saturated rings. The number of halogens is 3. The zero-order valence-electron chi connectivity index (χ0n) is 24.6. The van der Waals surface area contributed by atoms with Gasteiger partial charge in [-0.15, -0.1) is 13.2 Å². The van der Waals surface area contributed by atoms with Gasteiger partial charge < -0.3 is 41.5 Å². The quantitative estimate of drug-likeness (QED) is 0.187. The molecule has 0 heterocycles. The van der Waals surface area contributed by atoms with E-state index in [4.69, 9.17) is 5.73 Å². The first-order valence-electron chi connectivity index (χ1n) is 14.4. The van der Waals surface area contributed by atoms with E-state index in [1.165, 1.54) is 18.2 Å². The molecular weight excluding hydrogens is 639 g/mol. The Morgan fingerprint density at radius 3 is 2.08 bits per heavy atom. The summed E-state index contributed by atoms with van der Waals surface area (Å²) in [6.45, 7) is 0. The average molecular weight is 666 g/mol. The van der Waals surface area contributed by atoms with E-state index in [0.717, 1.165) is 12.1 Å². The molecule has 3 aromatic carbocycles. The van der Waals surface area contributed by atoms with E-state index < -0.39 is 75.9 Å². The van der Waals surface area contributed by atoms with Gasteiger partial charge in [0.15, 0.2) is 11.4 Å². The van der Waals surface area contributed by atoms with Crippen LogP contribution >= 0.6 is 0 Å². The number of amides is 3. The van der Waals surface area contributed by atoms with Crippen LogP contribution in [0.15, 0.2) is 83.3 Å². The highest BCUT2D eigenvalue weighted by molar-refractivity contribution is 6.24.